The van der Waals surface area contributed by atoms with Crippen molar-refractivity contribution in [1.29, 1.82) is 5.26 Å². The highest BCUT2D eigenvalue weighted by atomic mass is 14.8. The van der Waals surface area contributed by atoms with E-state index in [9.17, 15) is 0 Å². The monoisotopic (exact) mass is 237 g/mol. The molecule has 0 saturated carbocycles. The molecule has 2 aromatic rings. The van der Waals surface area contributed by atoms with Gasteiger partial charge in [-0.3, -0.25) is 4.98 Å². The Balaban J connectivity index is 1.88. The first kappa shape index (κ1) is 12.3. The molecular weight excluding hydrogens is 222 g/mol. The summed E-state index contributed by atoms with van der Waals surface area (Å²) in [6.45, 7) is 3.51. The summed E-state index contributed by atoms with van der Waals surface area (Å²) in [5.74, 6) is 0. The van der Waals surface area contributed by atoms with Gasteiger partial charge in [-0.25, -0.2) is 0 Å². The lowest BCUT2D eigenvalue weighted by Gasteiger charge is -2.05. The molecule has 0 atom stereocenters. The van der Waals surface area contributed by atoms with Crippen molar-refractivity contribution in [1.82, 2.24) is 10.3 Å². The Morgan fingerprint density at radius 3 is 2.72 bits per heavy atom. The molecule has 0 aliphatic rings. The first-order valence-electron chi connectivity index (χ1n) is 5.89. The highest BCUT2D eigenvalue weighted by Crippen LogP contribution is 2.04. The van der Waals surface area contributed by atoms with Gasteiger partial charge in [-0.15, -0.1) is 0 Å². The fourth-order valence-corrected chi connectivity index (χ4v) is 1.71. The van der Waals surface area contributed by atoms with E-state index in [1.165, 1.54) is 0 Å². The predicted molar refractivity (Wildman–Crippen MR) is 70.7 cm³/mol. The lowest BCUT2D eigenvalue weighted by Crippen LogP contribution is -2.12. The second kappa shape index (κ2) is 5.95. The molecular formula is C15H15N3. The minimum Gasteiger partial charge on any atom is -0.309 e. The van der Waals surface area contributed by atoms with E-state index in [0.29, 0.717) is 5.56 Å². The Hall–Kier alpha value is -2.18. The molecule has 0 bridgehead atoms. The van der Waals surface area contributed by atoms with Gasteiger partial charge in [0.25, 0.3) is 0 Å². The molecule has 1 aromatic heterocycles. The van der Waals surface area contributed by atoms with Gasteiger partial charge in [0.05, 0.1) is 11.6 Å². The number of aryl methyl sites for hydroxylation is 1. The fourth-order valence-electron chi connectivity index (χ4n) is 1.71. The molecule has 0 unspecified atom stereocenters. The molecule has 0 amide bonds. The number of rotatable bonds is 4. The van der Waals surface area contributed by atoms with Crippen LogP contribution in [0.25, 0.3) is 0 Å². The molecule has 3 heteroatoms. The van der Waals surface area contributed by atoms with Crippen LogP contribution in [-0.4, -0.2) is 4.98 Å². The van der Waals surface area contributed by atoms with Gasteiger partial charge < -0.3 is 5.32 Å². The maximum Gasteiger partial charge on any atom is 0.0991 e. The number of nitrogens with zero attached hydrogens (tertiary/aromatic N) is 2. The van der Waals surface area contributed by atoms with Crippen LogP contribution in [0, 0.1) is 18.3 Å². The second-order valence-electron chi connectivity index (χ2n) is 4.22. The van der Waals surface area contributed by atoms with Gasteiger partial charge in [0, 0.05) is 25.0 Å². The van der Waals surface area contributed by atoms with Gasteiger partial charge in [0.1, 0.15) is 0 Å². The van der Waals surface area contributed by atoms with Crippen molar-refractivity contribution in [3.8, 4) is 6.07 Å². The number of pyridine rings is 1. The van der Waals surface area contributed by atoms with Crippen molar-refractivity contribution in [3.05, 3.63) is 65.0 Å². The average Bonchev–Trinajstić information content (AvgIpc) is 2.41. The summed E-state index contributed by atoms with van der Waals surface area (Å²) >= 11 is 0. The number of aromatic nitrogens is 1. The van der Waals surface area contributed by atoms with Gasteiger partial charge >= 0.3 is 0 Å². The van der Waals surface area contributed by atoms with Crippen LogP contribution >= 0.6 is 0 Å². The van der Waals surface area contributed by atoms with Gasteiger partial charge in [0.2, 0.25) is 0 Å². The summed E-state index contributed by atoms with van der Waals surface area (Å²) in [7, 11) is 0. The molecule has 3 nitrogen and oxygen atoms in total. The maximum atomic E-state index is 8.81. The van der Waals surface area contributed by atoms with Crippen LogP contribution in [0.2, 0.25) is 0 Å². The van der Waals surface area contributed by atoms with Crippen LogP contribution in [0.5, 0.6) is 0 Å². The Bertz CT molecular complexity index is 553. The molecule has 1 aromatic carbocycles. The van der Waals surface area contributed by atoms with Gasteiger partial charge in [-0.2, -0.15) is 5.26 Å². The third-order valence-corrected chi connectivity index (χ3v) is 2.69. The molecule has 0 fully saturated rings. The van der Waals surface area contributed by atoms with Crippen LogP contribution in [0.3, 0.4) is 0 Å². The van der Waals surface area contributed by atoms with Crippen LogP contribution in [-0.2, 0) is 13.1 Å². The van der Waals surface area contributed by atoms with E-state index in [1.54, 1.807) is 0 Å². The second-order valence-corrected chi connectivity index (χ2v) is 4.22. The summed E-state index contributed by atoms with van der Waals surface area (Å²) in [5, 5.41) is 12.2. The predicted octanol–water partition coefficient (Wildman–Crippen LogP) is 2.55. The largest absolute Gasteiger partial charge is 0.309 e. The van der Waals surface area contributed by atoms with Crippen molar-refractivity contribution in [2.45, 2.75) is 20.0 Å². The number of nitriles is 1. The molecule has 0 spiro atoms. The van der Waals surface area contributed by atoms with Crippen molar-refractivity contribution in [2.75, 3.05) is 0 Å². The van der Waals surface area contributed by atoms with E-state index in [4.69, 9.17) is 5.26 Å². The minimum atomic E-state index is 0.700. The van der Waals surface area contributed by atoms with E-state index in [0.717, 1.165) is 29.9 Å². The van der Waals surface area contributed by atoms with Gasteiger partial charge in [-0.05, 0) is 36.2 Å². The van der Waals surface area contributed by atoms with Crippen LogP contribution in [0.1, 0.15) is 22.4 Å². The third-order valence-electron chi connectivity index (χ3n) is 2.69. The average molecular weight is 237 g/mol. The van der Waals surface area contributed by atoms with E-state index in [-0.39, 0.29) is 0 Å². The van der Waals surface area contributed by atoms with E-state index < -0.39 is 0 Å². The SMILES string of the molecule is Cc1ccc(CNCc2cccc(C#N)c2)cn1. The molecule has 90 valence electrons. The summed E-state index contributed by atoms with van der Waals surface area (Å²) in [4.78, 5) is 4.25. The van der Waals surface area contributed by atoms with Gasteiger partial charge in [0.15, 0.2) is 0 Å². The van der Waals surface area contributed by atoms with Crippen molar-refractivity contribution < 1.29 is 0 Å². The van der Waals surface area contributed by atoms with Crippen LogP contribution < -0.4 is 5.32 Å². The molecule has 2 rings (SSSR count). The Kier molecular flexibility index (Phi) is 4.06. The lowest BCUT2D eigenvalue weighted by atomic mass is 10.1. The molecule has 0 saturated heterocycles. The highest BCUT2D eigenvalue weighted by molar-refractivity contribution is 5.32. The maximum absolute atomic E-state index is 8.81. The first-order chi connectivity index (χ1) is 8.78. The summed E-state index contributed by atoms with van der Waals surface area (Å²) < 4.78 is 0. The third kappa shape index (κ3) is 3.41. The Morgan fingerprint density at radius 1 is 1.17 bits per heavy atom. The van der Waals surface area contributed by atoms with Gasteiger partial charge in [-0.1, -0.05) is 18.2 Å². The quantitative estimate of drug-likeness (QED) is 0.889. The topological polar surface area (TPSA) is 48.7 Å². The standard InChI is InChI=1S/C15H15N3/c1-12-5-6-15(11-18-12)10-17-9-14-4-2-3-13(7-14)8-16/h2-7,11,17H,9-10H2,1H3. The molecule has 1 N–H and O–H groups in total. The minimum absolute atomic E-state index is 0.700. The van der Waals surface area contributed by atoms with Crippen LogP contribution in [0.4, 0.5) is 0 Å². The smallest absolute Gasteiger partial charge is 0.0991 e. The van der Waals surface area contributed by atoms with E-state index in [2.05, 4.69) is 22.4 Å². The molecule has 0 radical (unpaired) electrons. The number of nitrogens with one attached hydrogen (secondary N) is 1. The fraction of sp³-hybridized carbons (Fsp3) is 0.200. The molecule has 0 aliphatic carbocycles. The van der Waals surface area contributed by atoms with Crippen molar-refractivity contribution >= 4 is 0 Å². The summed E-state index contributed by atoms with van der Waals surface area (Å²) in [6, 6.07) is 13.9. The zero-order valence-electron chi connectivity index (χ0n) is 10.4. The normalized spacial score (nSPS) is 10.0. The number of hydrogen-bond donors (Lipinski definition) is 1. The lowest BCUT2D eigenvalue weighted by molar-refractivity contribution is 0.691. The van der Waals surface area contributed by atoms with E-state index in [1.807, 2.05) is 43.5 Å². The van der Waals surface area contributed by atoms with E-state index >= 15 is 0 Å². The Morgan fingerprint density at radius 2 is 2.00 bits per heavy atom. The highest BCUT2D eigenvalue weighted by Gasteiger charge is 1.96. The summed E-state index contributed by atoms with van der Waals surface area (Å²) in [6.07, 6.45) is 1.88. The zero-order chi connectivity index (χ0) is 12.8. The number of hydrogen-bond acceptors (Lipinski definition) is 3. The molecule has 18 heavy (non-hydrogen) atoms. The van der Waals surface area contributed by atoms with Crippen molar-refractivity contribution in [2.24, 2.45) is 0 Å². The Labute approximate surface area is 107 Å². The number of benzene rings is 1. The summed E-state index contributed by atoms with van der Waals surface area (Å²) in [5.41, 5.74) is 4.01. The molecule has 0 aliphatic heterocycles. The van der Waals surface area contributed by atoms with Crippen LogP contribution in [0.15, 0.2) is 42.6 Å². The first-order valence-corrected chi connectivity index (χ1v) is 5.89. The zero-order valence-corrected chi connectivity index (χ0v) is 10.4. The van der Waals surface area contributed by atoms with Crippen molar-refractivity contribution in [3.63, 3.8) is 0 Å². The molecule has 1 heterocycles.